The Hall–Kier alpha value is -3.05. The van der Waals surface area contributed by atoms with Crippen LogP contribution < -0.4 is 15.0 Å². The standard InChI is InChI=1S/C26H31N3O2/c1-3-31-24-13-10-21-6-4-5-7-23(21)25(24)26(30)27-15-14-20-8-11-22(12-9-20)29-18-16-28(2)17-19-29/h4-13H,3,14-19H2,1-2H3,(H,27,30). The molecule has 31 heavy (non-hydrogen) atoms. The maximum atomic E-state index is 13.0. The number of benzene rings is 3. The summed E-state index contributed by atoms with van der Waals surface area (Å²) in [7, 11) is 2.17. The van der Waals surface area contributed by atoms with Crippen LogP contribution in [0.2, 0.25) is 0 Å². The van der Waals surface area contributed by atoms with Crippen LogP contribution in [0.1, 0.15) is 22.8 Å². The zero-order valence-corrected chi connectivity index (χ0v) is 18.4. The van der Waals surface area contributed by atoms with Crippen LogP contribution in [0.5, 0.6) is 5.75 Å². The molecule has 3 aromatic rings. The molecular weight excluding hydrogens is 386 g/mol. The van der Waals surface area contributed by atoms with Gasteiger partial charge in [0.05, 0.1) is 12.2 Å². The largest absolute Gasteiger partial charge is 0.493 e. The number of carbonyl (C=O) groups excluding carboxylic acids is 1. The summed E-state index contributed by atoms with van der Waals surface area (Å²) in [4.78, 5) is 17.8. The smallest absolute Gasteiger partial charge is 0.255 e. The molecule has 1 aliphatic rings. The Morgan fingerprint density at radius 2 is 1.71 bits per heavy atom. The number of nitrogens with zero attached hydrogens (tertiary/aromatic N) is 2. The molecular formula is C26H31N3O2. The van der Waals surface area contributed by atoms with E-state index < -0.39 is 0 Å². The third-order valence-electron chi connectivity index (χ3n) is 5.92. The molecule has 5 heteroatoms. The number of hydrogen-bond acceptors (Lipinski definition) is 4. The topological polar surface area (TPSA) is 44.8 Å². The lowest BCUT2D eigenvalue weighted by molar-refractivity contribution is 0.0952. The van der Waals surface area contributed by atoms with E-state index in [2.05, 4.69) is 46.4 Å². The van der Waals surface area contributed by atoms with Crippen LogP contribution in [0.3, 0.4) is 0 Å². The summed E-state index contributed by atoms with van der Waals surface area (Å²) in [5.41, 5.74) is 3.12. The molecule has 0 aliphatic carbocycles. The zero-order valence-electron chi connectivity index (χ0n) is 18.4. The van der Waals surface area contributed by atoms with Gasteiger partial charge in [-0.15, -0.1) is 0 Å². The van der Waals surface area contributed by atoms with E-state index >= 15 is 0 Å². The van der Waals surface area contributed by atoms with Gasteiger partial charge in [-0.2, -0.15) is 0 Å². The summed E-state index contributed by atoms with van der Waals surface area (Å²) < 4.78 is 5.74. The molecule has 0 atom stereocenters. The minimum Gasteiger partial charge on any atom is -0.493 e. The average molecular weight is 418 g/mol. The molecule has 4 rings (SSSR count). The minimum atomic E-state index is -0.0886. The van der Waals surface area contributed by atoms with Crippen molar-refractivity contribution in [2.24, 2.45) is 0 Å². The molecule has 0 saturated carbocycles. The summed E-state index contributed by atoms with van der Waals surface area (Å²) in [5.74, 6) is 0.546. The van der Waals surface area contributed by atoms with Crippen molar-refractivity contribution in [1.82, 2.24) is 10.2 Å². The Balaban J connectivity index is 1.39. The number of piperazine rings is 1. The minimum absolute atomic E-state index is 0.0886. The van der Waals surface area contributed by atoms with E-state index in [0.717, 1.165) is 43.4 Å². The van der Waals surface area contributed by atoms with E-state index in [1.807, 2.05) is 43.3 Å². The quantitative estimate of drug-likeness (QED) is 0.632. The molecule has 1 fully saturated rings. The molecule has 0 bridgehead atoms. The Morgan fingerprint density at radius 3 is 2.45 bits per heavy atom. The van der Waals surface area contributed by atoms with Crippen molar-refractivity contribution in [2.75, 3.05) is 51.3 Å². The summed E-state index contributed by atoms with van der Waals surface area (Å²) >= 11 is 0. The van der Waals surface area contributed by atoms with Crippen LogP contribution in [0.4, 0.5) is 5.69 Å². The third-order valence-corrected chi connectivity index (χ3v) is 5.92. The lowest BCUT2D eigenvalue weighted by Gasteiger charge is -2.34. The first kappa shape index (κ1) is 21.2. The number of carbonyl (C=O) groups is 1. The number of nitrogens with one attached hydrogen (secondary N) is 1. The van der Waals surface area contributed by atoms with Crippen molar-refractivity contribution in [3.05, 3.63) is 71.8 Å². The summed E-state index contributed by atoms with van der Waals surface area (Å²) in [5, 5.41) is 5.04. The Kier molecular flexibility index (Phi) is 6.73. The third kappa shape index (κ3) is 5.00. The predicted octanol–water partition coefficient (Wildman–Crippen LogP) is 3.96. The van der Waals surface area contributed by atoms with E-state index in [1.165, 1.54) is 11.3 Å². The molecule has 1 aliphatic heterocycles. The molecule has 0 radical (unpaired) electrons. The van der Waals surface area contributed by atoms with Crippen LogP contribution in [-0.2, 0) is 6.42 Å². The lowest BCUT2D eigenvalue weighted by atomic mass is 10.0. The van der Waals surface area contributed by atoms with Gasteiger partial charge in [-0.05, 0) is 54.9 Å². The van der Waals surface area contributed by atoms with Crippen molar-refractivity contribution in [3.63, 3.8) is 0 Å². The van der Waals surface area contributed by atoms with Crippen molar-refractivity contribution in [2.45, 2.75) is 13.3 Å². The molecule has 0 spiro atoms. The lowest BCUT2D eigenvalue weighted by Crippen LogP contribution is -2.44. The molecule has 5 nitrogen and oxygen atoms in total. The van der Waals surface area contributed by atoms with Crippen molar-refractivity contribution < 1.29 is 9.53 Å². The van der Waals surface area contributed by atoms with Gasteiger partial charge < -0.3 is 19.9 Å². The summed E-state index contributed by atoms with van der Waals surface area (Å²) in [6, 6.07) is 20.5. The van der Waals surface area contributed by atoms with Gasteiger partial charge in [0.25, 0.3) is 5.91 Å². The first-order chi connectivity index (χ1) is 15.2. The van der Waals surface area contributed by atoms with Crippen molar-refractivity contribution >= 4 is 22.4 Å². The SMILES string of the molecule is CCOc1ccc2ccccc2c1C(=O)NCCc1ccc(N2CCN(C)CC2)cc1. The van der Waals surface area contributed by atoms with Gasteiger partial charge in [-0.1, -0.05) is 42.5 Å². The van der Waals surface area contributed by atoms with E-state index in [1.54, 1.807) is 0 Å². The molecule has 1 saturated heterocycles. The number of rotatable bonds is 7. The highest BCUT2D eigenvalue weighted by Gasteiger charge is 2.17. The highest BCUT2D eigenvalue weighted by atomic mass is 16.5. The number of ether oxygens (including phenoxy) is 1. The molecule has 162 valence electrons. The predicted molar refractivity (Wildman–Crippen MR) is 127 cm³/mol. The van der Waals surface area contributed by atoms with Gasteiger partial charge in [0, 0.05) is 38.4 Å². The zero-order chi connectivity index (χ0) is 21.6. The van der Waals surface area contributed by atoms with Gasteiger partial charge in [0.15, 0.2) is 0 Å². The second kappa shape index (κ2) is 9.84. The van der Waals surface area contributed by atoms with Gasteiger partial charge in [-0.25, -0.2) is 0 Å². The maximum absolute atomic E-state index is 13.0. The van der Waals surface area contributed by atoms with Gasteiger partial charge >= 0.3 is 0 Å². The van der Waals surface area contributed by atoms with Gasteiger partial charge in [-0.3, -0.25) is 4.79 Å². The summed E-state index contributed by atoms with van der Waals surface area (Å²) in [6.07, 6.45) is 0.795. The van der Waals surface area contributed by atoms with Crippen LogP contribution in [-0.4, -0.2) is 57.2 Å². The van der Waals surface area contributed by atoms with Crippen LogP contribution in [0, 0.1) is 0 Å². The van der Waals surface area contributed by atoms with Gasteiger partial charge in [0.1, 0.15) is 5.75 Å². The highest BCUT2D eigenvalue weighted by Crippen LogP contribution is 2.28. The molecule has 1 heterocycles. The first-order valence-corrected chi connectivity index (χ1v) is 11.1. The van der Waals surface area contributed by atoms with Crippen LogP contribution in [0.15, 0.2) is 60.7 Å². The van der Waals surface area contributed by atoms with Crippen molar-refractivity contribution in [1.29, 1.82) is 0 Å². The maximum Gasteiger partial charge on any atom is 0.255 e. The molecule has 1 amide bonds. The molecule has 1 N–H and O–H groups in total. The summed E-state index contributed by atoms with van der Waals surface area (Å²) in [6.45, 7) is 7.39. The average Bonchev–Trinajstić information content (AvgIpc) is 2.80. The van der Waals surface area contributed by atoms with E-state index in [9.17, 15) is 4.79 Å². The number of fused-ring (bicyclic) bond motifs is 1. The normalized spacial score (nSPS) is 14.6. The molecule has 0 unspecified atom stereocenters. The fourth-order valence-electron chi connectivity index (χ4n) is 4.11. The van der Waals surface area contributed by atoms with E-state index in [0.29, 0.717) is 24.5 Å². The number of anilines is 1. The van der Waals surface area contributed by atoms with Crippen LogP contribution >= 0.6 is 0 Å². The van der Waals surface area contributed by atoms with Crippen molar-refractivity contribution in [3.8, 4) is 5.75 Å². The second-order valence-electron chi connectivity index (χ2n) is 8.06. The fourth-order valence-corrected chi connectivity index (χ4v) is 4.11. The Labute approximate surface area is 184 Å². The fraction of sp³-hybridized carbons (Fsp3) is 0.346. The molecule has 0 aromatic heterocycles. The van der Waals surface area contributed by atoms with Gasteiger partial charge in [0.2, 0.25) is 0 Å². The first-order valence-electron chi connectivity index (χ1n) is 11.1. The van der Waals surface area contributed by atoms with Crippen LogP contribution in [0.25, 0.3) is 10.8 Å². The number of hydrogen-bond donors (Lipinski definition) is 1. The molecule has 3 aromatic carbocycles. The van der Waals surface area contributed by atoms with E-state index in [4.69, 9.17) is 4.74 Å². The second-order valence-corrected chi connectivity index (χ2v) is 8.06. The highest BCUT2D eigenvalue weighted by molar-refractivity contribution is 6.09. The number of amides is 1. The monoisotopic (exact) mass is 417 g/mol. The Bertz CT molecular complexity index is 1020. The Morgan fingerprint density at radius 1 is 0.968 bits per heavy atom. The van der Waals surface area contributed by atoms with E-state index in [-0.39, 0.29) is 5.91 Å². The number of likely N-dealkylation sites (N-methyl/N-ethyl adjacent to an activating group) is 1.